The van der Waals surface area contributed by atoms with Gasteiger partial charge in [-0.25, -0.2) is 0 Å². The van der Waals surface area contributed by atoms with Crippen LogP contribution in [0.1, 0.15) is 21.9 Å². The lowest BCUT2D eigenvalue weighted by atomic mass is 10.3. The van der Waals surface area contributed by atoms with E-state index in [1.54, 1.807) is 38.6 Å². The number of hydrogen-bond acceptors (Lipinski definition) is 5. The summed E-state index contributed by atoms with van der Waals surface area (Å²) in [5.74, 6) is 0.489. The van der Waals surface area contributed by atoms with E-state index in [1.165, 1.54) is 4.90 Å². The molecule has 2 aromatic rings. The molecule has 0 aliphatic heterocycles. The van der Waals surface area contributed by atoms with E-state index in [4.69, 9.17) is 4.42 Å². The molecule has 0 saturated carbocycles. The lowest BCUT2D eigenvalue weighted by Crippen LogP contribution is -2.34. The Balaban J connectivity index is 1.78. The van der Waals surface area contributed by atoms with E-state index >= 15 is 0 Å². The van der Waals surface area contributed by atoms with Crippen LogP contribution in [0.3, 0.4) is 0 Å². The fourth-order valence-corrected chi connectivity index (χ4v) is 2.15. The third-order valence-electron chi connectivity index (χ3n) is 3.33. The van der Waals surface area contributed by atoms with Crippen LogP contribution in [-0.4, -0.2) is 54.3 Å². The standard InChI is InChI=1S/C17H22N4O3/c1-20(2)17(23)15-7-6-14(24-15)10-19-16(22)12-21(3)11-13-5-4-8-18-9-13/h4-9H,10-12H2,1-3H3,(H,19,22). The molecule has 0 aliphatic carbocycles. The summed E-state index contributed by atoms with van der Waals surface area (Å²) < 4.78 is 5.43. The average molecular weight is 330 g/mol. The van der Waals surface area contributed by atoms with E-state index in [0.29, 0.717) is 12.3 Å². The summed E-state index contributed by atoms with van der Waals surface area (Å²) in [7, 11) is 5.18. The summed E-state index contributed by atoms with van der Waals surface area (Å²) in [6.07, 6.45) is 3.50. The molecule has 0 atom stereocenters. The fraction of sp³-hybridized carbons (Fsp3) is 0.353. The first-order valence-electron chi connectivity index (χ1n) is 7.60. The molecule has 2 rings (SSSR count). The number of furan rings is 1. The van der Waals surface area contributed by atoms with E-state index in [1.807, 2.05) is 24.1 Å². The average Bonchev–Trinajstić information content (AvgIpc) is 3.01. The molecule has 0 aromatic carbocycles. The van der Waals surface area contributed by atoms with Gasteiger partial charge in [0.1, 0.15) is 5.76 Å². The summed E-state index contributed by atoms with van der Waals surface area (Å²) >= 11 is 0. The second-order valence-electron chi connectivity index (χ2n) is 5.78. The molecular weight excluding hydrogens is 308 g/mol. The Labute approximate surface area is 141 Å². The minimum Gasteiger partial charge on any atom is -0.454 e. The molecule has 0 aliphatic rings. The molecule has 0 fully saturated rings. The summed E-state index contributed by atoms with van der Waals surface area (Å²) in [6, 6.07) is 7.13. The predicted molar refractivity (Wildman–Crippen MR) is 89.1 cm³/mol. The summed E-state index contributed by atoms with van der Waals surface area (Å²) in [5.41, 5.74) is 1.05. The molecule has 128 valence electrons. The van der Waals surface area contributed by atoms with Crippen LogP contribution < -0.4 is 5.32 Å². The number of likely N-dealkylation sites (N-methyl/N-ethyl adjacent to an activating group) is 1. The van der Waals surface area contributed by atoms with Crippen LogP contribution in [0, 0.1) is 0 Å². The van der Waals surface area contributed by atoms with Crippen molar-refractivity contribution in [3.63, 3.8) is 0 Å². The second kappa shape index (κ2) is 8.26. The highest BCUT2D eigenvalue weighted by Gasteiger charge is 2.13. The Bertz CT molecular complexity index is 682. The Morgan fingerprint density at radius 3 is 2.67 bits per heavy atom. The predicted octanol–water partition coefficient (Wildman–Crippen LogP) is 1.12. The first-order chi connectivity index (χ1) is 11.5. The zero-order chi connectivity index (χ0) is 17.5. The van der Waals surface area contributed by atoms with Gasteiger partial charge >= 0.3 is 0 Å². The molecule has 2 aromatic heterocycles. The van der Waals surface area contributed by atoms with Crippen LogP contribution in [0.15, 0.2) is 41.1 Å². The smallest absolute Gasteiger partial charge is 0.289 e. The van der Waals surface area contributed by atoms with Crippen molar-refractivity contribution in [2.75, 3.05) is 27.7 Å². The highest BCUT2D eigenvalue weighted by Crippen LogP contribution is 2.09. The summed E-state index contributed by atoms with van der Waals surface area (Å²) in [5, 5.41) is 2.78. The van der Waals surface area contributed by atoms with Gasteiger partial charge < -0.3 is 14.6 Å². The number of nitrogens with one attached hydrogen (secondary N) is 1. The van der Waals surface area contributed by atoms with Gasteiger partial charge in [-0.1, -0.05) is 6.07 Å². The highest BCUT2D eigenvalue weighted by molar-refractivity contribution is 5.91. The maximum atomic E-state index is 12.0. The van der Waals surface area contributed by atoms with Crippen LogP contribution in [-0.2, 0) is 17.9 Å². The minimum atomic E-state index is -0.205. The monoisotopic (exact) mass is 330 g/mol. The maximum absolute atomic E-state index is 12.0. The van der Waals surface area contributed by atoms with E-state index in [2.05, 4.69) is 10.3 Å². The Morgan fingerprint density at radius 1 is 1.21 bits per heavy atom. The van der Waals surface area contributed by atoms with Crippen LogP contribution >= 0.6 is 0 Å². The molecule has 0 unspecified atom stereocenters. The normalized spacial score (nSPS) is 10.7. The molecule has 0 radical (unpaired) electrons. The molecule has 2 heterocycles. The van der Waals surface area contributed by atoms with Gasteiger partial charge in [0.05, 0.1) is 13.1 Å². The van der Waals surface area contributed by atoms with Gasteiger partial charge in [-0.15, -0.1) is 0 Å². The van der Waals surface area contributed by atoms with Crippen molar-refractivity contribution in [3.05, 3.63) is 53.7 Å². The van der Waals surface area contributed by atoms with Crippen LogP contribution in [0.4, 0.5) is 0 Å². The minimum absolute atomic E-state index is 0.113. The maximum Gasteiger partial charge on any atom is 0.289 e. The van der Waals surface area contributed by atoms with Crippen molar-refractivity contribution < 1.29 is 14.0 Å². The molecule has 0 saturated heterocycles. The lowest BCUT2D eigenvalue weighted by molar-refractivity contribution is -0.122. The molecule has 2 amide bonds. The van der Waals surface area contributed by atoms with Crippen molar-refractivity contribution in [2.45, 2.75) is 13.1 Å². The number of nitrogens with zero attached hydrogens (tertiary/aromatic N) is 3. The number of rotatable bonds is 7. The van der Waals surface area contributed by atoms with Gasteiger partial charge in [0, 0.05) is 33.0 Å². The zero-order valence-corrected chi connectivity index (χ0v) is 14.2. The molecule has 7 nitrogen and oxygen atoms in total. The molecule has 0 spiro atoms. The van der Waals surface area contributed by atoms with E-state index < -0.39 is 0 Å². The summed E-state index contributed by atoms with van der Waals surface area (Å²) in [6.45, 7) is 1.16. The largest absolute Gasteiger partial charge is 0.454 e. The van der Waals surface area contributed by atoms with Crippen LogP contribution in [0.25, 0.3) is 0 Å². The van der Waals surface area contributed by atoms with Crippen LogP contribution in [0.2, 0.25) is 0 Å². The SMILES string of the molecule is CN(CC(=O)NCc1ccc(C(=O)N(C)C)o1)Cc1cccnc1. The van der Waals surface area contributed by atoms with Gasteiger partial charge in [-0.2, -0.15) is 0 Å². The van der Waals surface area contributed by atoms with Crippen molar-refractivity contribution in [1.82, 2.24) is 20.1 Å². The van der Waals surface area contributed by atoms with E-state index in [-0.39, 0.29) is 30.7 Å². The quantitative estimate of drug-likeness (QED) is 0.823. The van der Waals surface area contributed by atoms with E-state index in [0.717, 1.165) is 5.56 Å². The first kappa shape index (κ1) is 17.7. The number of aromatic nitrogens is 1. The number of pyridine rings is 1. The van der Waals surface area contributed by atoms with Crippen molar-refractivity contribution in [3.8, 4) is 0 Å². The second-order valence-corrected chi connectivity index (χ2v) is 5.78. The molecule has 7 heteroatoms. The Kier molecular flexibility index (Phi) is 6.08. The Hall–Kier alpha value is -2.67. The zero-order valence-electron chi connectivity index (χ0n) is 14.2. The topological polar surface area (TPSA) is 78.7 Å². The lowest BCUT2D eigenvalue weighted by Gasteiger charge is -2.15. The van der Waals surface area contributed by atoms with Gasteiger partial charge in [-0.3, -0.25) is 19.5 Å². The van der Waals surface area contributed by atoms with E-state index in [9.17, 15) is 9.59 Å². The number of hydrogen-bond donors (Lipinski definition) is 1. The van der Waals surface area contributed by atoms with Crippen LogP contribution in [0.5, 0.6) is 0 Å². The number of carbonyl (C=O) groups excluding carboxylic acids is 2. The number of amides is 2. The third-order valence-corrected chi connectivity index (χ3v) is 3.33. The molecule has 24 heavy (non-hydrogen) atoms. The van der Waals surface area contributed by atoms with Gasteiger partial charge in [-0.05, 0) is 30.8 Å². The fourth-order valence-electron chi connectivity index (χ4n) is 2.15. The molecule has 0 bridgehead atoms. The third kappa shape index (κ3) is 5.20. The van der Waals surface area contributed by atoms with Crippen molar-refractivity contribution in [1.29, 1.82) is 0 Å². The van der Waals surface area contributed by atoms with Crippen molar-refractivity contribution >= 4 is 11.8 Å². The van der Waals surface area contributed by atoms with Gasteiger partial charge in [0.25, 0.3) is 5.91 Å². The molecular formula is C17H22N4O3. The van der Waals surface area contributed by atoms with Gasteiger partial charge in [0.2, 0.25) is 5.91 Å². The van der Waals surface area contributed by atoms with Gasteiger partial charge in [0.15, 0.2) is 5.76 Å². The Morgan fingerprint density at radius 2 is 2.00 bits per heavy atom. The highest BCUT2D eigenvalue weighted by atomic mass is 16.4. The van der Waals surface area contributed by atoms with Crippen molar-refractivity contribution in [2.24, 2.45) is 0 Å². The molecule has 1 N–H and O–H groups in total. The number of carbonyl (C=O) groups is 2. The first-order valence-corrected chi connectivity index (χ1v) is 7.60. The summed E-state index contributed by atoms with van der Waals surface area (Å²) in [4.78, 5) is 31.1.